The molecule has 0 unspecified atom stereocenters. The van der Waals surface area contributed by atoms with Gasteiger partial charge < -0.3 is 4.98 Å². The molecule has 7 heteroatoms. The fourth-order valence-electron chi connectivity index (χ4n) is 3.16. The van der Waals surface area contributed by atoms with Crippen LogP contribution in [-0.2, 0) is 9.84 Å². The zero-order chi connectivity index (χ0) is 20.8. The summed E-state index contributed by atoms with van der Waals surface area (Å²) < 4.78 is 27.7. The van der Waals surface area contributed by atoms with Gasteiger partial charge in [0, 0.05) is 14.9 Å². The average molecular weight is 489 g/mol. The monoisotopic (exact) mass is 487 g/mol. The predicted octanol–water partition coefficient (Wildman–Crippen LogP) is 5.75. The molecule has 1 heterocycles. The number of sulfone groups is 1. The third-order valence-corrected chi connectivity index (χ3v) is 7.22. The summed E-state index contributed by atoms with van der Waals surface area (Å²) in [4.78, 5) is 16.3. The predicted molar refractivity (Wildman–Crippen MR) is 119 cm³/mol. The largest absolute Gasteiger partial charge is 0.353 e. The molecule has 0 fully saturated rings. The van der Waals surface area contributed by atoms with Crippen molar-refractivity contribution in [2.24, 2.45) is 0 Å². The SMILES string of the molecule is Cc1ccc(S(=O)(=O)c2c(-c3ccc(Cl)cc3)[nH]c3cc(Br)ccc3c2=O)cc1. The molecule has 0 amide bonds. The van der Waals surface area contributed by atoms with Crippen molar-refractivity contribution in [1.29, 1.82) is 0 Å². The first-order valence-corrected chi connectivity index (χ1v) is 11.4. The van der Waals surface area contributed by atoms with Gasteiger partial charge in [-0.2, -0.15) is 0 Å². The van der Waals surface area contributed by atoms with E-state index in [1.807, 2.05) is 6.92 Å². The van der Waals surface area contributed by atoms with E-state index in [1.165, 1.54) is 12.1 Å². The maximum atomic E-state index is 13.5. The zero-order valence-electron chi connectivity index (χ0n) is 15.2. The fourth-order valence-corrected chi connectivity index (χ4v) is 5.17. The Labute approximate surface area is 181 Å². The maximum absolute atomic E-state index is 13.5. The van der Waals surface area contributed by atoms with Crippen molar-refractivity contribution in [2.75, 3.05) is 0 Å². The van der Waals surface area contributed by atoms with Gasteiger partial charge in [0.25, 0.3) is 0 Å². The number of nitrogens with one attached hydrogen (secondary N) is 1. The summed E-state index contributed by atoms with van der Waals surface area (Å²) in [5.41, 5.74) is 1.71. The van der Waals surface area contributed by atoms with E-state index < -0.39 is 15.3 Å². The summed E-state index contributed by atoms with van der Waals surface area (Å²) in [7, 11) is -4.07. The van der Waals surface area contributed by atoms with Crippen LogP contribution >= 0.6 is 27.5 Å². The number of benzene rings is 3. The van der Waals surface area contributed by atoms with E-state index in [4.69, 9.17) is 11.6 Å². The number of aryl methyl sites for hydroxylation is 1. The van der Waals surface area contributed by atoms with Crippen LogP contribution in [0, 0.1) is 6.92 Å². The van der Waals surface area contributed by atoms with Gasteiger partial charge in [-0.1, -0.05) is 57.4 Å². The summed E-state index contributed by atoms with van der Waals surface area (Å²) in [6.07, 6.45) is 0. The normalized spacial score (nSPS) is 11.7. The van der Waals surface area contributed by atoms with Crippen molar-refractivity contribution in [1.82, 2.24) is 4.98 Å². The number of aromatic nitrogens is 1. The number of H-pyrrole nitrogens is 1. The highest BCUT2D eigenvalue weighted by molar-refractivity contribution is 9.10. The van der Waals surface area contributed by atoms with Crippen molar-refractivity contribution in [3.63, 3.8) is 0 Å². The van der Waals surface area contributed by atoms with Crippen LogP contribution in [0.2, 0.25) is 5.02 Å². The van der Waals surface area contributed by atoms with Crippen LogP contribution in [-0.4, -0.2) is 13.4 Å². The molecule has 1 N–H and O–H groups in total. The minimum absolute atomic E-state index is 0.0697. The molecular weight excluding hydrogens is 474 g/mol. The van der Waals surface area contributed by atoms with Crippen molar-refractivity contribution < 1.29 is 8.42 Å². The molecule has 146 valence electrons. The van der Waals surface area contributed by atoms with Crippen molar-refractivity contribution >= 4 is 48.3 Å². The molecule has 0 saturated heterocycles. The number of pyridine rings is 1. The van der Waals surface area contributed by atoms with Gasteiger partial charge in [0.1, 0.15) is 4.90 Å². The Morgan fingerprint density at radius 1 is 0.931 bits per heavy atom. The lowest BCUT2D eigenvalue weighted by Crippen LogP contribution is -2.18. The van der Waals surface area contributed by atoms with E-state index in [2.05, 4.69) is 20.9 Å². The third kappa shape index (κ3) is 3.64. The lowest BCUT2D eigenvalue weighted by atomic mass is 10.1. The lowest BCUT2D eigenvalue weighted by Gasteiger charge is -2.13. The van der Waals surface area contributed by atoms with E-state index in [9.17, 15) is 13.2 Å². The summed E-state index contributed by atoms with van der Waals surface area (Å²) >= 11 is 9.38. The highest BCUT2D eigenvalue weighted by Crippen LogP contribution is 2.31. The third-order valence-electron chi connectivity index (χ3n) is 4.65. The topological polar surface area (TPSA) is 67.0 Å². The lowest BCUT2D eigenvalue weighted by molar-refractivity contribution is 0.595. The molecule has 0 aliphatic rings. The molecule has 0 radical (unpaired) electrons. The quantitative estimate of drug-likeness (QED) is 0.399. The Kier molecular flexibility index (Phi) is 5.11. The van der Waals surface area contributed by atoms with Gasteiger partial charge >= 0.3 is 0 Å². The van der Waals surface area contributed by atoms with Crippen LogP contribution < -0.4 is 5.43 Å². The molecule has 1 aromatic heterocycles. The van der Waals surface area contributed by atoms with Gasteiger partial charge in [-0.3, -0.25) is 4.79 Å². The summed E-state index contributed by atoms with van der Waals surface area (Å²) in [6.45, 7) is 1.87. The molecule has 0 aliphatic carbocycles. The second-order valence-electron chi connectivity index (χ2n) is 6.67. The Hall–Kier alpha value is -2.41. The highest BCUT2D eigenvalue weighted by Gasteiger charge is 2.27. The average Bonchev–Trinajstić information content (AvgIpc) is 2.68. The number of fused-ring (bicyclic) bond motifs is 1. The van der Waals surface area contributed by atoms with E-state index in [0.717, 1.165) is 10.0 Å². The van der Waals surface area contributed by atoms with Gasteiger partial charge in [-0.05, 0) is 55.0 Å². The second kappa shape index (κ2) is 7.44. The minimum atomic E-state index is -4.07. The maximum Gasteiger partial charge on any atom is 0.212 e. The van der Waals surface area contributed by atoms with Gasteiger partial charge in [0.15, 0.2) is 0 Å². The first-order valence-electron chi connectivity index (χ1n) is 8.70. The molecule has 3 aromatic carbocycles. The molecule has 0 saturated carbocycles. The highest BCUT2D eigenvalue weighted by atomic mass is 79.9. The Balaban J connectivity index is 2.11. The summed E-state index contributed by atoms with van der Waals surface area (Å²) in [6, 6.07) is 18.2. The van der Waals surface area contributed by atoms with Crippen molar-refractivity contribution in [2.45, 2.75) is 16.7 Å². The fraction of sp³-hybridized carbons (Fsp3) is 0.0455. The molecule has 29 heavy (non-hydrogen) atoms. The number of rotatable bonds is 3. The first-order chi connectivity index (χ1) is 13.8. The van der Waals surface area contributed by atoms with Crippen molar-refractivity contribution in [3.05, 3.63) is 92.0 Å². The standard InChI is InChI=1S/C22H15BrClNO3S/c1-13-2-9-17(10-3-13)29(27,28)22-20(14-4-7-16(24)8-5-14)25-19-12-15(23)6-11-18(19)21(22)26/h2-12H,1H3,(H,25,26). The molecular formula is C22H15BrClNO3S. The van der Waals surface area contributed by atoms with Crippen LogP contribution in [0.1, 0.15) is 5.56 Å². The van der Waals surface area contributed by atoms with Crippen LogP contribution in [0.15, 0.2) is 85.8 Å². The van der Waals surface area contributed by atoms with Crippen LogP contribution in [0.5, 0.6) is 0 Å². The van der Waals surface area contributed by atoms with E-state index in [0.29, 0.717) is 21.5 Å². The first kappa shape index (κ1) is 19.9. The number of hydrogen-bond acceptors (Lipinski definition) is 3. The Bertz CT molecular complexity index is 1390. The van der Waals surface area contributed by atoms with E-state index in [1.54, 1.807) is 54.6 Å². The molecule has 0 aliphatic heterocycles. The van der Waals surface area contributed by atoms with Gasteiger partial charge in [-0.25, -0.2) is 8.42 Å². The van der Waals surface area contributed by atoms with Crippen molar-refractivity contribution in [3.8, 4) is 11.3 Å². The van der Waals surface area contributed by atoms with Gasteiger partial charge in [0.05, 0.1) is 16.1 Å². The van der Waals surface area contributed by atoms with Gasteiger partial charge in [0.2, 0.25) is 15.3 Å². The Morgan fingerprint density at radius 3 is 2.24 bits per heavy atom. The van der Waals surface area contributed by atoms with Crippen LogP contribution in [0.4, 0.5) is 0 Å². The van der Waals surface area contributed by atoms with E-state index in [-0.39, 0.29) is 15.5 Å². The van der Waals surface area contributed by atoms with Crippen LogP contribution in [0.25, 0.3) is 22.2 Å². The second-order valence-corrected chi connectivity index (χ2v) is 9.91. The number of aromatic amines is 1. The molecule has 0 spiro atoms. The molecule has 0 bridgehead atoms. The summed E-state index contributed by atoms with van der Waals surface area (Å²) in [5.74, 6) is 0. The zero-order valence-corrected chi connectivity index (χ0v) is 18.4. The minimum Gasteiger partial charge on any atom is -0.353 e. The smallest absolute Gasteiger partial charge is 0.212 e. The Morgan fingerprint density at radius 2 is 1.59 bits per heavy atom. The molecule has 4 rings (SSSR count). The number of hydrogen-bond donors (Lipinski definition) is 1. The van der Waals surface area contributed by atoms with Gasteiger partial charge in [-0.15, -0.1) is 0 Å². The molecule has 4 nitrogen and oxygen atoms in total. The molecule has 0 atom stereocenters. The summed E-state index contributed by atoms with van der Waals surface area (Å²) in [5, 5.41) is 0.819. The van der Waals surface area contributed by atoms with E-state index >= 15 is 0 Å². The number of halogens is 2. The van der Waals surface area contributed by atoms with Crippen LogP contribution in [0.3, 0.4) is 0 Å². The molecule has 4 aromatic rings.